The van der Waals surface area contributed by atoms with Gasteiger partial charge in [0.1, 0.15) is 24.2 Å². The molecule has 6 atom stereocenters. The number of rotatable bonds is 13. The van der Waals surface area contributed by atoms with Crippen LogP contribution in [0.5, 0.6) is 0 Å². The molecule has 9 N–H and O–H groups in total. The zero-order valence-electron chi connectivity index (χ0n) is 37.7. The fourth-order valence-electron chi connectivity index (χ4n) is 8.91. The van der Waals surface area contributed by atoms with Crippen molar-refractivity contribution in [3.63, 3.8) is 0 Å². The van der Waals surface area contributed by atoms with E-state index in [4.69, 9.17) is 11.5 Å². The van der Waals surface area contributed by atoms with Crippen LogP contribution in [0.2, 0.25) is 0 Å². The summed E-state index contributed by atoms with van der Waals surface area (Å²) in [5, 5.41) is 12.4. The third-order valence-electron chi connectivity index (χ3n) is 12.4. The van der Waals surface area contributed by atoms with Crippen LogP contribution in [0.4, 0.5) is 0 Å². The number of aromatic nitrogens is 1. The van der Waals surface area contributed by atoms with E-state index in [-0.39, 0.29) is 76.3 Å². The number of aromatic amines is 1. The van der Waals surface area contributed by atoms with Gasteiger partial charge in [-0.05, 0) is 61.3 Å². The Kier molecular flexibility index (Phi) is 17.0. The van der Waals surface area contributed by atoms with Crippen molar-refractivity contribution in [2.45, 2.75) is 101 Å². The van der Waals surface area contributed by atoms with E-state index in [2.05, 4.69) is 31.2 Å². The minimum absolute atomic E-state index is 0.0794. The second kappa shape index (κ2) is 23.2. The van der Waals surface area contributed by atoms with Crippen molar-refractivity contribution in [2.24, 2.45) is 22.4 Å². The van der Waals surface area contributed by atoms with Crippen LogP contribution in [0.3, 0.4) is 0 Å². The van der Waals surface area contributed by atoms with E-state index in [1.807, 2.05) is 84.9 Å². The second-order valence-corrected chi connectivity index (χ2v) is 17.2. The first-order chi connectivity index (χ1) is 31.8. The Morgan fingerprint density at radius 1 is 0.848 bits per heavy atom. The van der Waals surface area contributed by atoms with Crippen LogP contribution in [0.25, 0.3) is 10.9 Å². The molecule has 0 spiro atoms. The molecule has 350 valence electrons. The van der Waals surface area contributed by atoms with E-state index < -0.39 is 71.6 Å². The Morgan fingerprint density at radius 3 is 2.26 bits per heavy atom. The van der Waals surface area contributed by atoms with Crippen LogP contribution < -0.4 is 32.7 Å². The second-order valence-electron chi connectivity index (χ2n) is 17.2. The number of aliphatic imine (C=N–C) groups is 1. The lowest BCUT2D eigenvalue weighted by Crippen LogP contribution is -2.59. The number of likely N-dealkylation sites (N-methyl/N-ethyl adjacent to an activating group) is 1. The molecule has 2 saturated heterocycles. The van der Waals surface area contributed by atoms with Crippen LogP contribution in [-0.2, 0) is 52.8 Å². The summed E-state index contributed by atoms with van der Waals surface area (Å²) in [5.74, 6) is -4.26. The fraction of sp³-hybridized carbons (Fsp3) is 0.429. The van der Waals surface area contributed by atoms with Crippen LogP contribution in [-0.4, -0.2) is 119 Å². The van der Waals surface area contributed by atoms with Gasteiger partial charge in [-0.1, -0.05) is 78.9 Å². The number of hydrogen-bond donors (Lipinski definition) is 7. The largest absolute Gasteiger partial charge is 0.370 e. The van der Waals surface area contributed by atoms with Gasteiger partial charge in [0.15, 0.2) is 11.7 Å². The van der Waals surface area contributed by atoms with Crippen molar-refractivity contribution in [1.29, 1.82) is 0 Å². The summed E-state index contributed by atoms with van der Waals surface area (Å²) in [7, 11) is 1.53. The molecule has 3 aromatic carbocycles. The Morgan fingerprint density at radius 2 is 1.55 bits per heavy atom. The summed E-state index contributed by atoms with van der Waals surface area (Å²) in [5.41, 5.74) is 14.3. The molecule has 2 aliphatic rings. The van der Waals surface area contributed by atoms with E-state index in [1.54, 1.807) is 6.20 Å². The number of H-pyrrole nitrogens is 1. The van der Waals surface area contributed by atoms with Crippen LogP contribution in [0.1, 0.15) is 68.6 Å². The number of nitrogens with two attached hydrogens (primary N) is 2. The number of guanidine groups is 1. The maximum absolute atomic E-state index is 14.8. The molecule has 17 nitrogen and oxygen atoms in total. The molecule has 1 aromatic heterocycles. The third kappa shape index (κ3) is 13.0. The van der Waals surface area contributed by atoms with Crippen molar-refractivity contribution < 1.29 is 33.6 Å². The average Bonchev–Trinajstić information content (AvgIpc) is 3.97. The summed E-state index contributed by atoms with van der Waals surface area (Å²) in [6, 6.07) is 20.7. The summed E-state index contributed by atoms with van der Waals surface area (Å²) in [6.07, 6.45) is 3.72. The molecule has 0 bridgehead atoms. The number of nitrogens with one attached hydrogen (secondary N) is 5. The molecule has 6 rings (SSSR count). The molecule has 0 aliphatic carbocycles. The highest BCUT2D eigenvalue weighted by Gasteiger charge is 2.42. The number of hydrogen-bond acceptors (Lipinski definition) is 8. The third-order valence-corrected chi connectivity index (χ3v) is 12.4. The summed E-state index contributed by atoms with van der Waals surface area (Å²) < 4.78 is 0. The van der Waals surface area contributed by atoms with E-state index in [9.17, 15) is 33.6 Å². The fourth-order valence-corrected chi connectivity index (χ4v) is 8.91. The van der Waals surface area contributed by atoms with Gasteiger partial charge in [0.05, 0.1) is 6.04 Å². The smallest absolute Gasteiger partial charge is 0.245 e. The molecule has 66 heavy (non-hydrogen) atoms. The Labute approximate surface area is 384 Å². The predicted molar refractivity (Wildman–Crippen MR) is 250 cm³/mol. The quantitative estimate of drug-likeness (QED) is 0.0588. The van der Waals surface area contributed by atoms with Crippen LogP contribution in [0, 0.1) is 5.92 Å². The molecule has 4 aromatic rings. The van der Waals surface area contributed by atoms with Gasteiger partial charge < -0.3 is 47.5 Å². The van der Waals surface area contributed by atoms with E-state index in [0.29, 0.717) is 19.3 Å². The number of fused-ring (bicyclic) bond motifs is 2. The lowest BCUT2D eigenvalue weighted by molar-refractivity contribution is -0.148. The van der Waals surface area contributed by atoms with Gasteiger partial charge in [0.25, 0.3) is 0 Å². The SMILES string of the molecule is CC(=O)N[C@@H](Cc1ccccc1)C(=O)N[C@H]1CCCNC(=O)[C@H](CCCN=C(N)N)CC(=O)[C@H](Cc2c[nH]c3ccccc23)NC(=O)[C@@H](Cc2ccccc2)N(C)C(=O)[C@@H]2CCCN2C1=O. The molecule has 2 aliphatic heterocycles. The van der Waals surface area contributed by atoms with Crippen molar-refractivity contribution in [3.05, 3.63) is 108 Å². The van der Waals surface area contributed by atoms with Crippen molar-refractivity contribution in [3.8, 4) is 0 Å². The lowest BCUT2D eigenvalue weighted by Gasteiger charge is -2.35. The minimum Gasteiger partial charge on any atom is -0.370 e. The first-order valence-corrected chi connectivity index (χ1v) is 22.7. The number of para-hydroxylation sites is 1. The van der Waals surface area contributed by atoms with Gasteiger partial charge >= 0.3 is 0 Å². The first-order valence-electron chi connectivity index (χ1n) is 22.7. The molecule has 17 heteroatoms. The highest BCUT2D eigenvalue weighted by Crippen LogP contribution is 2.25. The monoisotopic (exact) mass is 902 g/mol. The van der Waals surface area contributed by atoms with Gasteiger partial charge in [-0.15, -0.1) is 0 Å². The van der Waals surface area contributed by atoms with E-state index in [1.165, 1.54) is 23.8 Å². The van der Waals surface area contributed by atoms with Gasteiger partial charge in [-0.3, -0.25) is 38.6 Å². The topological polar surface area (TPSA) is 254 Å². The highest BCUT2D eigenvalue weighted by atomic mass is 16.2. The predicted octanol–water partition coefficient (Wildman–Crippen LogP) is 2.03. The number of benzene rings is 3. The Bertz CT molecular complexity index is 2370. The Balaban J connectivity index is 1.35. The summed E-state index contributed by atoms with van der Waals surface area (Å²) >= 11 is 0. The van der Waals surface area contributed by atoms with Crippen LogP contribution >= 0.6 is 0 Å². The number of amides is 6. The van der Waals surface area contributed by atoms with Gasteiger partial charge in [0, 0.05) is 82.3 Å². The number of nitrogens with zero attached hydrogens (tertiary/aromatic N) is 3. The number of carbonyl (C=O) groups is 7. The number of ketones is 1. The summed E-state index contributed by atoms with van der Waals surface area (Å²) in [4.78, 5) is 109. The normalized spacial score (nSPS) is 21.8. The highest BCUT2D eigenvalue weighted by molar-refractivity contribution is 5.98. The molecule has 0 saturated carbocycles. The molecule has 0 radical (unpaired) electrons. The standard InChI is InChI=1S/C49H62N10O7/c1-31(60)55-40(26-32-14-5-3-6-15-32)45(63)56-38-21-12-23-52-44(62)34(18-11-24-53-49(50)51)29-43(61)39(28-35-30-54-37-20-10-9-19-36(35)37)57-46(64)42(27-33-16-7-4-8-17-33)58(2)48(66)41-22-13-25-59(41)47(38)65/h3-10,14-17,19-20,30,34,38-42,54H,11-13,18,21-29H2,1-2H3,(H,52,62)(H,55,60)(H,56,63)(H,57,64)(H4,50,51,53)/t34-,38+,39+,40+,41+,42-/m1/s1. The van der Waals surface area contributed by atoms with Crippen molar-refractivity contribution in [1.82, 2.24) is 36.1 Å². The van der Waals surface area contributed by atoms with Gasteiger partial charge in [0.2, 0.25) is 35.4 Å². The average molecular weight is 903 g/mol. The van der Waals surface area contributed by atoms with Gasteiger partial charge in [-0.2, -0.15) is 0 Å². The first kappa shape index (κ1) is 48.4. The minimum atomic E-state index is -1.13. The molecular formula is C49H62N10O7. The van der Waals surface area contributed by atoms with E-state index in [0.717, 1.165) is 27.6 Å². The number of carbonyl (C=O) groups excluding carboxylic acids is 7. The zero-order valence-corrected chi connectivity index (χ0v) is 37.7. The molecular weight excluding hydrogens is 841 g/mol. The molecule has 2 fully saturated rings. The number of Topliss-reactive ketones (excluding diaryl/α,β-unsaturated/α-hetero) is 1. The summed E-state index contributed by atoms with van der Waals surface area (Å²) in [6.45, 7) is 1.85. The molecule has 0 unspecified atom stereocenters. The maximum atomic E-state index is 14.8. The zero-order chi connectivity index (χ0) is 47.2. The maximum Gasteiger partial charge on any atom is 0.245 e. The van der Waals surface area contributed by atoms with E-state index >= 15 is 0 Å². The lowest BCUT2D eigenvalue weighted by atomic mass is 9.90. The Hall–Kier alpha value is -7.04. The van der Waals surface area contributed by atoms with Crippen molar-refractivity contribution >= 4 is 58.1 Å². The molecule has 3 heterocycles. The van der Waals surface area contributed by atoms with Crippen molar-refractivity contribution in [2.75, 3.05) is 26.7 Å². The molecule has 6 amide bonds. The van der Waals surface area contributed by atoms with Crippen LogP contribution in [0.15, 0.2) is 96.1 Å². The van der Waals surface area contributed by atoms with Gasteiger partial charge in [-0.25, -0.2) is 0 Å².